The average Bonchev–Trinajstić information content (AvgIpc) is 3.05. The maximum Gasteiger partial charge on any atom is 0.228 e. The normalized spacial score (nSPS) is 20.0. The first-order chi connectivity index (χ1) is 10.5. The third-order valence-corrected chi connectivity index (χ3v) is 5.47. The number of carbonyl (C=O) groups excluding carboxylic acids is 1. The van der Waals surface area contributed by atoms with Gasteiger partial charge in [-0.2, -0.15) is 0 Å². The number of anilines is 1. The van der Waals surface area contributed by atoms with Crippen LogP contribution in [0.25, 0.3) is 5.82 Å². The van der Waals surface area contributed by atoms with E-state index < -0.39 is 15.8 Å². The summed E-state index contributed by atoms with van der Waals surface area (Å²) in [6.07, 6.45) is 5.41. The number of pyridine rings is 1. The van der Waals surface area contributed by atoms with Crippen molar-refractivity contribution in [1.29, 1.82) is 0 Å². The molecule has 1 atom stereocenters. The second-order valence-corrected chi connectivity index (χ2v) is 7.54. The summed E-state index contributed by atoms with van der Waals surface area (Å²) in [7, 11) is -3.08. The van der Waals surface area contributed by atoms with Crippen LogP contribution in [0.2, 0.25) is 0 Å². The first-order valence-electron chi connectivity index (χ1n) is 6.93. The molecule has 22 heavy (non-hydrogen) atoms. The first-order valence-corrected chi connectivity index (χ1v) is 8.75. The molecule has 2 aromatic heterocycles. The van der Waals surface area contributed by atoms with Gasteiger partial charge < -0.3 is 5.32 Å². The fraction of sp³-hybridized carbons (Fsp3) is 0.357. The number of imidazole rings is 1. The van der Waals surface area contributed by atoms with Crippen LogP contribution in [0.4, 0.5) is 5.69 Å². The predicted octanol–water partition coefficient (Wildman–Crippen LogP) is 0.949. The van der Waals surface area contributed by atoms with Crippen molar-refractivity contribution in [2.75, 3.05) is 16.8 Å². The number of aromatic nitrogens is 3. The Bertz CT molecular complexity index is 813. The Morgan fingerprint density at radius 3 is 2.82 bits per heavy atom. The summed E-state index contributed by atoms with van der Waals surface area (Å²) in [6, 6.07) is 3.46. The van der Waals surface area contributed by atoms with Crippen molar-refractivity contribution < 1.29 is 13.2 Å². The Kier molecular flexibility index (Phi) is 3.69. The van der Waals surface area contributed by atoms with E-state index in [1.807, 2.05) is 6.92 Å². The van der Waals surface area contributed by atoms with E-state index in [2.05, 4.69) is 15.3 Å². The summed E-state index contributed by atoms with van der Waals surface area (Å²) < 4.78 is 24.7. The number of nitrogens with one attached hydrogen (secondary N) is 1. The molecule has 3 heterocycles. The number of carbonyl (C=O) groups is 1. The first kappa shape index (κ1) is 14.7. The van der Waals surface area contributed by atoms with Gasteiger partial charge in [0.1, 0.15) is 5.82 Å². The number of aryl methyl sites for hydroxylation is 1. The highest BCUT2D eigenvalue weighted by molar-refractivity contribution is 7.91. The molecule has 116 valence electrons. The van der Waals surface area contributed by atoms with Crippen molar-refractivity contribution in [2.45, 2.75) is 13.3 Å². The second kappa shape index (κ2) is 5.53. The summed E-state index contributed by atoms with van der Waals surface area (Å²) in [6.45, 7) is 1.84. The zero-order chi connectivity index (χ0) is 15.7. The van der Waals surface area contributed by atoms with Gasteiger partial charge in [-0.15, -0.1) is 0 Å². The number of amides is 1. The van der Waals surface area contributed by atoms with Crippen molar-refractivity contribution in [1.82, 2.24) is 14.5 Å². The topological polar surface area (TPSA) is 93.9 Å². The Labute approximate surface area is 128 Å². The highest BCUT2D eigenvalue weighted by Crippen LogP contribution is 2.23. The van der Waals surface area contributed by atoms with Crippen LogP contribution in [0, 0.1) is 12.8 Å². The van der Waals surface area contributed by atoms with Crippen LogP contribution in [0.5, 0.6) is 0 Å². The summed E-state index contributed by atoms with van der Waals surface area (Å²) in [5.74, 6) is 0.517. The molecule has 1 N–H and O–H groups in total. The van der Waals surface area contributed by atoms with Gasteiger partial charge in [-0.1, -0.05) is 0 Å². The van der Waals surface area contributed by atoms with E-state index >= 15 is 0 Å². The Balaban J connectivity index is 1.85. The SMILES string of the molecule is Cc1nccn1-c1ncccc1NC(=O)C1CCS(=O)(=O)C1. The number of sulfone groups is 1. The monoisotopic (exact) mass is 320 g/mol. The maximum absolute atomic E-state index is 12.3. The number of hydrogen-bond acceptors (Lipinski definition) is 5. The predicted molar refractivity (Wildman–Crippen MR) is 81.5 cm³/mol. The molecule has 1 fully saturated rings. The highest BCUT2D eigenvalue weighted by Gasteiger charge is 2.33. The van der Waals surface area contributed by atoms with Crippen LogP contribution in [0.15, 0.2) is 30.7 Å². The maximum atomic E-state index is 12.3. The van der Waals surface area contributed by atoms with E-state index in [1.165, 1.54) is 0 Å². The van der Waals surface area contributed by atoms with Crippen molar-refractivity contribution in [3.63, 3.8) is 0 Å². The van der Waals surface area contributed by atoms with Gasteiger partial charge in [-0.3, -0.25) is 9.36 Å². The molecule has 0 radical (unpaired) electrons. The molecule has 7 nitrogen and oxygen atoms in total. The van der Waals surface area contributed by atoms with Gasteiger partial charge in [-0.05, 0) is 25.5 Å². The standard InChI is InChI=1S/C14H16N4O3S/c1-10-15-6-7-18(10)13-12(3-2-5-16-13)17-14(19)11-4-8-22(20,21)9-11/h2-3,5-7,11H,4,8-9H2,1H3,(H,17,19). The minimum atomic E-state index is -3.08. The third kappa shape index (κ3) is 2.87. The summed E-state index contributed by atoms with van der Waals surface area (Å²) in [4.78, 5) is 20.7. The molecule has 0 saturated carbocycles. The van der Waals surface area contributed by atoms with Crippen molar-refractivity contribution in [3.8, 4) is 5.82 Å². The average molecular weight is 320 g/mol. The van der Waals surface area contributed by atoms with E-state index in [4.69, 9.17) is 0 Å². The van der Waals surface area contributed by atoms with Gasteiger partial charge in [-0.25, -0.2) is 18.4 Å². The van der Waals surface area contributed by atoms with E-state index in [9.17, 15) is 13.2 Å². The molecule has 0 bridgehead atoms. The van der Waals surface area contributed by atoms with Crippen molar-refractivity contribution in [2.24, 2.45) is 5.92 Å². The molecule has 2 aromatic rings. The lowest BCUT2D eigenvalue weighted by Gasteiger charge is -2.13. The molecular weight excluding hydrogens is 304 g/mol. The summed E-state index contributed by atoms with van der Waals surface area (Å²) in [5.41, 5.74) is 0.540. The zero-order valence-corrected chi connectivity index (χ0v) is 12.9. The number of nitrogens with zero attached hydrogens (tertiary/aromatic N) is 3. The molecule has 0 aliphatic carbocycles. The summed E-state index contributed by atoms with van der Waals surface area (Å²) in [5, 5.41) is 2.79. The lowest BCUT2D eigenvalue weighted by atomic mass is 10.1. The Morgan fingerprint density at radius 1 is 1.36 bits per heavy atom. The molecule has 1 saturated heterocycles. The van der Waals surface area contributed by atoms with E-state index in [0.29, 0.717) is 17.9 Å². The van der Waals surface area contributed by atoms with Gasteiger partial charge in [0.15, 0.2) is 15.7 Å². The Morgan fingerprint density at radius 2 is 2.18 bits per heavy atom. The quantitative estimate of drug-likeness (QED) is 0.908. The molecule has 1 aliphatic heterocycles. The number of hydrogen-bond donors (Lipinski definition) is 1. The minimum absolute atomic E-state index is 0.0750. The van der Waals surface area contributed by atoms with Gasteiger partial charge in [0.2, 0.25) is 5.91 Å². The van der Waals surface area contributed by atoms with E-state index in [1.54, 1.807) is 35.3 Å². The van der Waals surface area contributed by atoms with Crippen molar-refractivity contribution >= 4 is 21.4 Å². The van der Waals surface area contributed by atoms with Gasteiger partial charge in [0.05, 0.1) is 23.1 Å². The van der Waals surface area contributed by atoms with Gasteiger partial charge >= 0.3 is 0 Å². The molecule has 1 amide bonds. The van der Waals surface area contributed by atoms with Crippen LogP contribution in [-0.4, -0.2) is 40.4 Å². The molecule has 8 heteroatoms. The van der Waals surface area contributed by atoms with Crippen LogP contribution in [0.3, 0.4) is 0 Å². The van der Waals surface area contributed by atoms with Crippen LogP contribution >= 0.6 is 0 Å². The number of rotatable bonds is 3. The van der Waals surface area contributed by atoms with E-state index in [-0.39, 0.29) is 17.4 Å². The highest BCUT2D eigenvalue weighted by atomic mass is 32.2. The van der Waals surface area contributed by atoms with Gasteiger partial charge in [0.25, 0.3) is 0 Å². The van der Waals surface area contributed by atoms with Crippen molar-refractivity contribution in [3.05, 3.63) is 36.5 Å². The molecule has 1 aliphatic rings. The second-order valence-electron chi connectivity index (χ2n) is 5.31. The van der Waals surface area contributed by atoms with E-state index in [0.717, 1.165) is 5.82 Å². The molecule has 3 rings (SSSR count). The van der Waals surface area contributed by atoms with Crippen LogP contribution in [0.1, 0.15) is 12.2 Å². The third-order valence-electron chi connectivity index (χ3n) is 3.70. The van der Waals surface area contributed by atoms with Crippen LogP contribution in [-0.2, 0) is 14.6 Å². The lowest BCUT2D eigenvalue weighted by Crippen LogP contribution is -2.24. The fourth-order valence-electron chi connectivity index (χ4n) is 2.52. The Hall–Kier alpha value is -2.22. The molecular formula is C14H16N4O3S. The minimum Gasteiger partial charge on any atom is -0.323 e. The van der Waals surface area contributed by atoms with Gasteiger partial charge in [0, 0.05) is 18.6 Å². The fourth-order valence-corrected chi connectivity index (χ4v) is 4.27. The zero-order valence-electron chi connectivity index (χ0n) is 12.1. The molecule has 0 aromatic carbocycles. The molecule has 0 spiro atoms. The smallest absolute Gasteiger partial charge is 0.228 e. The largest absolute Gasteiger partial charge is 0.323 e. The summed E-state index contributed by atoms with van der Waals surface area (Å²) >= 11 is 0. The molecule has 1 unspecified atom stereocenters. The lowest BCUT2D eigenvalue weighted by molar-refractivity contribution is -0.119. The van der Waals surface area contributed by atoms with Crippen LogP contribution < -0.4 is 5.32 Å².